The summed E-state index contributed by atoms with van der Waals surface area (Å²) in [6.45, 7) is 3.83. The number of nitrogens with one attached hydrogen (secondary N) is 1. The van der Waals surface area contributed by atoms with Gasteiger partial charge in [0.05, 0.1) is 9.88 Å². The van der Waals surface area contributed by atoms with Gasteiger partial charge in [-0.15, -0.1) is 11.3 Å². The van der Waals surface area contributed by atoms with Gasteiger partial charge in [0, 0.05) is 19.5 Å². The SMILES string of the molecule is CC(=O)c1cnc(CC2CCCNC2)s1. The molecule has 1 fully saturated rings. The highest BCUT2D eigenvalue weighted by molar-refractivity contribution is 7.13. The maximum absolute atomic E-state index is 11.1. The van der Waals surface area contributed by atoms with Crippen LogP contribution in [0.5, 0.6) is 0 Å². The largest absolute Gasteiger partial charge is 0.316 e. The minimum atomic E-state index is 0.125. The number of hydrogen-bond donors (Lipinski definition) is 1. The lowest BCUT2D eigenvalue weighted by molar-refractivity contribution is 0.102. The van der Waals surface area contributed by atoms with Crippen molar-refractivity contribution in [2.75, 3.05) is 13.1 Å². The third-order valence-corrected chi connectivity index (χ3v) is 3.88. The van der Waals surface area contributed by atoms with E-state index in [-0.39, 0.29) is 5.78 Å². The number of hydrogen-bond acceptors (Lipinski definition) is 4. The van der Waals surface area contributed by atoms with Gasteiger partial charge in [0.15, 0.2) is 5.78 Å². The Morgan fingerprint density at radius 3 is 3.20 bits per heavy atom. The van der Waals surface area contributed by atoms with Crippen LogP contribution in [0.15, 0.2) is 6.20 Å². The lowest BCUT2D eigenvalue weighted by atomic mass is 9.97. The van der Waals surface area contributed by atoms with Crippen molar-refractivity contribution < 1.29 is 4.79 Å². The van der Waals surface area contributed by atoms with Crippen LogP contribution in [0.2, 0.25) is 0 Å². The number of ketones is 1. The molecule has 2 rings (SSSR count). The van der Waals surface area contributed by atoms with Crippen molar-refractivity contribution in [1.82, 2.24) is 10.3 Å². The summed E-state index contributed by atoms with van der Waals surface area (Å²) in [5, 5.41) is 4.50. The second-order valence-corrected chi connectivity index (χ2v) is 5.21. The van der Waals surface area contributed by atoms with Gasteiger partial charge in [0.2, 0.25) is 0 Å². The monoisotopic (exact) mass is 224 g/mol. The van der Waals surface area contributed by atoms with Gasteiger partial charge in [-0.2, -0.15) is 0 Å². The van der Waals surface area contributed by atoms with Gasteiger partial charge in [0.1, 0.15) is 0 Å². The molecule has 4 heteroatoms. The Morgan fingerprint density at radius 1 is 1.73 bits per heavy atom. The lowest BCUT2D eigenvalue weighted by Crippen LogP contribution is -2.30. The summed E-state index contributed by atoms with van der Waals surface area (Å²) >= 11 is 1.55. The number of rotatable bonds is 3. The summed E-state index contributed by atoms with van der Waals surface area (Å²) < 4.78 is 0. The molecule has 0 saturated carbocycles. The number of Topliss-reactive ketones (excluding diaryl/α,β-unsaturated/α-hetero) is 1. The van der Waals surface area contributed by atoms with E-state index in [1.165, 1.54) is 12.8 Å². The van der Waals surface area contributed by atoms with Gasteiger partial charge < -0.3 is 5.32 Å². The molecular weight excluding hydrogens is 208 g/mol. The van der Waals surface area contributed by atoms with Crippen LogP contribution in [0, 0.1) is 5.92 Å². The van der Waals surface area contributed by atoms with Gasteiger partial charge in [-0.05, 0) is 31.8 Å². The van der Waals surface area contributed by atoms with E-state index in [0.29, 0.717) is 5.92 Å². The van der Waals surface area contributed by atoms with Crippen molar-refractivity contribution in [1.29, 1.82) is 0 Å². The molecule has 1 aliphatic rings. The molecule has 0 bridgehead atoms. The molecule has 1 unspecified atom stereocenters. The van der Waals surface area contributed by atoms with Gasteiger partial charge in [-0.1, -0.05) is 0 Å². The zero-order valence-corrected chi connectivity index (χ0v) is 9.77. The quantitative estimate of drug-likeness (QED) is 0.797. The second-order valence-electron chi connectivity index (χ2n) is 4.09. The van der Waals surface area contributed by atoms with Crippen LogP contribution in [0.25, 0.3) is 0 Å². The fourth-order valence-electron chi connectivity index (χ4n) is 1.91. The maximum Gasteiger partial charge on any atom is 0.171 e. The zero-order chi connectivity index (χ0) is 10.7. The second kappa shape index (κ2) is 4.86. The Hall–Kier alpha value is -0.740. The molecule has 1 saturated heterocycles. The Kier molecular flexibility index (Phi) is 3.49. The van der Waals surface area contributed by atoms with Crippen LogP contribution in [0.3, 0.4) is 0 Å². The van der Waals surface area contributed by atoms with E-state index >= 15 is 0 Å². The summed E-state index contributed by atoms with van der Waals surface area (Å²) in [7, 11) is 0. The summed E-state index contributed by atoms with van der Waals surface area (Å²) in [5.74, 6) is 0.824. The predicted molar refractivity (Wildman–Crippen MR) is 61.4 cm³/mol. The number of piperidine rings is 1. The van der Waals surface area contributed by atoms with Crippen molar-refractivity contribution >= 4 is 17.1 Å². The highest BCUT2D eigenvalue weighted by Gasteiger charge is 2.15. The molecule has 1 aromatic rings. The Morgan fingerprint density at radius 2 is 2.60 bits per heavy atom. The smallest absolute Gasteiger partial charge is 0.171 e. The zero-order valence-electron chi connectivity index (χ0n) is 8.95. The van der Waals surface area contributed by atoms with Gasteiger partial charge >= 0.3 is 0 Å². The fourth-order valence-corrected chi connectivity index (χ4v) is 2.84. The van der Waals surface area contributed by atoms with Crippen molar-refractivity contribution in [2.24, 2.45) is 5.92 Å². The van der Waals surface area contributed by atoms with Gasteiger partial charge in [0.25, 0.3) is 0 Å². The van der Waals surface area contributed by atoms with Crippen molar-refractivity contribution in [2.45, 2.75) is 26.2 Å². The first-order valence-electron chi connectivity index (χ1n) is 5.42. The van der Waals surface area contributed by atoms with E-state index in [9.17, 15) is 4.79 Å². The normalized spacial score (nSPS) is 21.5. The van der Waals surface area contributed by atoms with Crippen molar-refractivity contribution in [3.8, 4) is 0 Å². The molecule has 3 nitrogen and oxygen atoms in total. The third-order valence-electron chi connectivity index (χ3n) is 2.76. The standard InChI is InChI=1S/C11H16N2OS/c1-8(14)10-7-13-11(15-10)5-9-3-2-4-12-6-9/h7,9,12H,2-6H2,1H3. The molecule has 0 spiro atoms. The van der Waals surface area contributed by atoms with E-state index in [2.05, 4.69) is 10.3 Å². The first-order valence-corrected chi connectivity index (χ1v) is 6.23. The summed E-state index contributed by atoms with van der Waals surface area (Å²) in [6.07, 6.45) is 5.27. The predicted octanol–water partition coefficient (Wildman–Crippen LogP) is 1.89. The molecule has 1 aromatic heterocycles. The first-order chi connectivity index (χ1) is 7.25. The molecular formula is C11H16N2OS. The Labute approximate surface area is 93.9 Å². The summed E-state index contributed by atoms with van der Waals surface area (Å²) in [5.41, 5.74) is 0. The summed E-state index contributed by atoms with van der Waals surface area (Å²) in [6, 6.07) is 0. The summed E-state index contributed by atoms with van der Waals surface area (Å²) in [4.78, 5) is 16.2. The van der Waals surface area contributed by atoms with Gasteiger partial charge in [-0.3, -0.25) is 4.79 Å². The Bertz CT molecular complexity index is 342. The number of carbonyl (C=O) groups is 1. The van der Waals surface area contributed by atoms with Crippen LogP contribution in [-0.4, -0.2) is 23.9 Å². The van der Waals surface area contributed by atoms with E-state index < -0.39 is 0 Å². The molecule has 15 heavy (non-hydrogen) atoms. The van der Waals surface area contributed by atoms with Crippen LogP contribution < -0.4 is 5.32 Å². The van der Waals surface area contributed by atoms with E-state index in [1.807, 2.05) is 0 Å². The van der Waals surface area contributed by atoms with E-state index in [4.69, 9.17) is 0 Å². The maximum atomic E-state index is 11.1. The average molecular weight is 224 g/mol. The number of carbonyl (C=O) groups excluding carboxylic acids is 1. The third kappa shape index (κ3) is 2.86. The highest BCUT2D eigenvalue weighted by Crippen LogP contribution is 2.20. The van der Waals surface area contributed by atoms with Crippen LogP contribution in [-0.2, 0) is 6.42 Å². The number of aromatic nitrogens is 1. The molecule has 0 amide bonds. The van der Waals surface area contributed by atoms with Crippen LogP contribution in [0.1, 0.15) is 34.4 Å². The van der Waals surface area contributed by atoms with E-state index in [1.54, 1.807) is 24.5 Å². The molecule has 1 aliphatic heterocycles. The minimum absolute atomic E-state index is 0.125. The highest BCUT2D eigenvalue weighted by atomic mass is 32.1. The van der Waals surface area contributed by atoms with Crippen LogP contribution >= 0.6 is 11.3 Å². The first kappa shape index (κ1) is 10.8. The van der Waals surface area contributed by atoms with Gasteiger partial charge in [-0.25, -0.2) is 4.98 Å². The van der Waals surface area contributed by atoms with E-state index in [0.717, 1.165) is 29.4 Å². The molecule has 1 atom stereocenters. The number of thiazole rings is 1. The molecule has 0 aromatic carbocycles. The lowest BCUT2D eigenvalue weighted by Gasteiger charge is -2.21. The fraction of sp³-hybridized carbons (Fsp3) is 0.636. The molecule has 1 N–H and O–H groups in total. The molecule has 0 aliphatic carbocycles. The molecule has 2 heterocycles. The van der Waals surface area contributed by atoms with Crippen molar-refractivity contribution in [3.05, 3.63) is 16.1 Å². The average Bonchev–Trinajstić information content (AvgIpc) is 2.68. The molecule has 82 valence electrons. The molecule has 0 radical (unpaired) electrons. The number of nitrogens with zero attached hydrogens (tertiary/aromatic N) is 1. The van der Waals surface area contributed by atoms with Crippen molar-refractivity contribution in [3.63, 3.8) is 0 Å². The minimum Gasteiger partial charge on any atom is -0.316 e. The Balaban J connectivity index is 1.94. The van der Waals surface area contributed by atoms with Crippen LogP contribution in [0.4, 0.5) is 0 Å². The topological polar surface area (TPSA) is 42.0 Å².